The second-order valence-corrected chi connectivity index (χ2v) is 9.37. The third-order valence-corrected chi connectivity index (χ3v) is 6.48. The lowest BCUT2D eigenvalue weighted by Crippen LogP contribution is -2.39. The van der Waals surface area contributed by atoms with E-state index in [-0.39, 0.29) is 4.90 Å². The molecule has 0 aromatic heterocycles. The maximum atomic E-state index is 13.2. The molecule has 1 N–H and O–H groups in total. The van der Waals surface area contributed by atoms with E-state index in [4.69, 9.17) is 11.6 Å². The summed E-state index contributed by atoms with van der Waals surface area (Å²) >= 11 is 9.25. The molecule has 0 radical (unpaired) electrons. The normalized spacial score (nSPS) is 11.4. The highest BCUT2D eigenvalue weighted by atomic mass is 79.9. The van der Waals surface area contributed by atoms with Crippen molar-refractivity contribution >= 4 is 55.4 Å². The summed E-state index contributed by atoms with van der Waals surface area (Å²) in [6.07, 6.45) is 1.43. The van der Waals surface area contributed by atoms with Crippen LogP contribution in [0.4, 0.5) is 5.69 Å². The van der Waals surface area contributed by atoms with Gasteiger partial charge in [-0.3, -0.25) is 9.10 Å². The molecule has 0 bridgehead atoms. The van der Waals surface area contributed by atoms with Crippen LogP contribution in [0.25, 0.3) is 0 Å². The van der Waals surface area contributed by atoms with Crippen molar-refractivity contribution in [2.24, 2.45) is 5.10 Å². The number of hydrogen-bond donors (Lipinski definition) is 1. The predicted octanol–water partition coefficient (Wildman–Crippen LogP) is 4.45. The van der Waals surface area contributed by atoms with Crippen LogP contribution in [0, 0.1) is 0 Å². The number of amides is 1. The number of halogens is 2. The lowest BCUT2D eigenvalue weighted by atomic mass is 10.2. The Hall–Kier alpha value is -2.68. The number of rotatable bonds is 7. The van der Waals surface area contributed by atoms with E-state index in [2.05, 4.69) is 26.5 Å². The van der Waals surface area contributed by atoms with E-state index in [1.54, 1.807) is 66.7 Å². The summed E-state index contributed by atoms with van der Waals surface area (Å²) in [6.45, 7) is -0.444. The maximum Gasteiger partial charge on any atom is 0.264 e. The van der Waals surface area contributed by atoms with Crippen LogP contribution in [0.3, 0.4) is 0 Å². The van der Waals surface area contributed by atoms with Gasteiger partial charge in [0.1, 0.15) is 6.54 Å². The van der Waals surface area contributed by atoms with Crippen LogP contribution >= 0.6 is 27.5 Å². The van der Waals surface area contributed by atoms with Gasteiger partial charge in [-0.2, -0.15) is 5.10 Å². The molecule has 0 aliphatic rings. The van der Waals surface area contributed by atoms with E-state index in [1.165, 1.54) is 18.3 Å². The van der Waals surface area contributed by atoms with E-state index in [0.717, 1.165) is 4.31 Å². The molecule has 6 nitrogen and oxygen atoms in total. The Morgan fingerprint density at radius 2 is 1.77 bits per heavy atom. The number of hydrogen-bond acceptors (Lipinski definition) is 4. The van der Waals surface area contributed by atoms with Gasteiger partial charge in [0.25, 0.3) is 15.9 Å². The van der Waals surface area contributed by atoms with Gasteiger partial charge in [0.05, 0.1) is 16.8 Å². The molecule has 0 saturated carbocycles. The third kappa shape index (κ3) is 5.69. The zero-order valence-corrected chi connectivity index (χ0v) is 18.7. The first kappa shape index (κ1) is 22.0. The second kappa shape index (κ2) is 9.88. The molecule has 3 aromatic carbocycles. The van der Waals surface area contributed by atoms with Gasteiger partial charge in [0, 0.05) is 9.50 Å². The molecule has 1 amide bonds. The Morgan fingerprint density at radius 3 is 2.47 bits per heavy atom. The Bertz CT molecular complexity index is 1170. The minimum Gasteiger partial charge on any atom is -0.271 e. The van der Waals surface area contributed by atoms with Crippen molar-refractivity contribution < 1.29 is 13.2 Å². The maximum absolute atomic E-state index is 13.2. The van der Waals surface area contributed by atoms with Crippen molar-refractivity contribution in [3.05, 3.63) is 93.9 Å². The molecule has 0 heterocycles. The Balaban J connectivity index is 1.83. The number of nitrogens with zero attached hydrogens (tertiary/aromatic N) is 2. The highest BCUT2D eigenvalue weighted by Crippen LogP contribution is 2.26. The van der Waals surface area contributed by atoms with Crippen LogP contribution < -0.4 is 9.73 Å². The summed E-state index contributed by atoms with van der Waals surface area (Å²) in [4.78, 5) is 12.6. The monoisotopic (exact) mass is 505 g/mol. The topological polar surface area (TPSA) is 78.8 Å². The highest BCUT2D eigenvalue weighted by Gasteiger charge is 2.27. The number of hydrazone groups is 1. The van der Waals surface area contributed by atoms with Crippen molar-refractivity contribution in [1.29, 1.82) is 0 Å². The minimum atomic E-state index is -3.97. The molecule has 0 saturated heterocycles. The van der Waals surface area contributed by atoms with E-state index < -0.39 is 22.5 Å². The van der Waals surface area contributed by atoms with Crippen molar-refractivity contribution in [2.75, 3.05) is 10.8 Å². The smallest absolute Gasteiger partial charge is 0.264 e. The van der Waals surface area contributed by atoms with E-state index >= 15 is 0 Å². The summed E-state index contributed by atoms with van der Waals surface area (Å²) in [5.74, 6) is -0.590. The number of nitrogens with one attached hydrogen (secondary N) is 1. The molecule has 30 heavy (non-hydrogen) atoms. The van der Waals surface area contributed by atoms with Crippen molar-refractivity contribution in [3.8, 4) is 0 Å². The quantitative estimate of drug-likeness (QED) is 0.380. The fourth-order valence-corrected chi connectivity index (χ4v) is 4.62. The molecule has 154 valence electrons. The van der Waals surface area contributed by atoms with Crippen molar-refractivity contribution in [3.63, 3.8) is 0 Å². The molecule has 3 aromatic rings. The second-order valence-electron chi connectivity index (χ2n) is 6.15. The van der Waals surface area contributed by atoms with Gasteiger partial charge in [-0.1, -0.05) is 63.9 Å². The summed E-state index contributed by atoms with van der Waals surface area (Å²) in [7, 11) is -3.97. The number of carbonyl (C=O) groups is 1. The molecule has 0 aliphatic heterocycles. The van der Waals surface area contributed by atoms with Gasteiger partial charge in [-0.15, -0.1) is 0 Å². The lowest BCUT2D eigenvalue weighted by Gasteiger charge is -2.23. The van der Waals surface area contributed by atoms with Crippen LogP contribution in [0.15, 0.2) is 93.3 Å². The summed E-state index contributed by atoms with van der Waals surface area (Å²) in [5, 5.41) is 4.43. The minimum absolute atomic E-state index is 0.0835. The molecule has 3 rings (SSSR count). The average molecular weight is 507 g/mol. The summed E-state index contributed by atoms with van der Waals surface area (Å²) < 4.78 is 28.1. The van der Waals surface area contributed by atoms with Crippen LogP contribution in [-0.4, -0.2) is 27.1 Å². The first-order chi connectivity index (χ1) is 14.4. The number of benzene rings is 3. The van der Waals surface area contributed by atoms with Crippen LogP contribution in [0.1, 0.15) is 5.56 Å². The fraction of sp³-hybridized carbons (Fsp3) is 0.0476. The SMILES string of the molecule is O=C(CN(c1cccc(Br)c1)S(=O)(=O)c1ccccc1)N/N=C\c1cccc(Cl)c1. The first-order valence-corrected chi connectivity index (χ1v) is 11.4. The highest BCUT2D eigenvalue weighted by molar-refractivity contribution is 9.10. The largest absolute Gasteiger partial charge is 0.271 e. The summed E-state index contributed by atoms with van der Waals surface area (Å²) in [6, 6.07) is 21.6. The van der Waals surface area contributed by atoms with Crippen molar-refractivity contribution in [2.45, 2.75) is 4.90 Å². The molecule has 0 unspecified atom stereocenters. The van der Waals surface area contributed by atoms with Crippen molar-refractivity contribution in [1.82, 2.24) is 5.43 Å². The molecule has 0 fully saturated rings. The fourth-order valence-electron chi connectivity index (χ4n) is 2.60. The average Bonchev–Trinajstić information content (AvgIpc) is 2.72. The van der Waals surface area contributed by atoms with E-state index in [9.17, 15) is 13.2 Å². The Morgan fingerprint density at radius 1 is 1.03 bits per heavy atom. The molecular formula is C21H17BrClN3O3S. The standard InChI is InChI=1S/C21H17BrClN3O3S/c22-17-7-5-9-19(13-17)26(30(28,29)20-10-2-1-3-11-20)15-21(27)25-24-14-16-6-4-8-18(23)12-16/h1-14H,15H2,(H,25,27)/b24-14-. The molecule has 0 spiro atoms. The van der Waals surface area contributed by atoms with Gasteiger partial charge in [-0.25, -0.2) is 13.8 Å². The Kier molecular flexibility index (Phi) is 7.25. The van der Waals surface area contributed by atoms with Gasteiger partial charge in [0.2, 0.25) is 0 Å². The zero-order valence-electron chi connectivity index (χ0n) is 15.6. The molecule has 0 aliphatic carbocycles. The summed E-state index contributed by atoms with van der Waals surface area (Å²) in [5.41, 5.74) is 3.41. The van der Waals surface area contributed by atoms with Gasteiger partial charge >= 0.3 is 0 Å². The van der Waals surface area contributed by atoms with Gasteiger partial charge in [-0.05, 0) is 48.0 Å². The van der Waals surface area contributed by atoms with Crippen LogP contribution in [0.5, 0.6) is 0 Å². The zero-order chi connectivity index (χ0) is 21.6. The van der Waals surface area contributed by atoms with Gasteiger partial charge in [0.15, 0.2) is 0 Å². The van der Waals surface area contributed by atoms with Crippen LogP contribution in [0.2, 0.25) is 5.02 Å². The molecular weight excluding hydrogens is 490 g/mol. The van der Waals surface area contributed by atoms with E-state index in [1.807, 2.05) is 0 Å². The Labute approximate surface area is 188 Å². The van der Waals surface area contributed by atoms with E-state index in [0.29, 0.717) is 20.7 Å². The van der Waals surface area contributed by atoms with Crippen LogP contribution in [-0.2, 0) is 14.8 Å². The lowest BCUT2D eigenvalue weighted by molar-refractivity contribution is -0.119. The third-order valence-electron chi connectivity index (χ3n) is 3.97. The molecule has 0 atom stereocenters. The number of anilines is 1. The van der Waals surface area contributed by atoms with Gasteiger partial charge < -0.3 is 0 Å². The first-order valence-electron chi connectivity index (χ1n) is 8.77. The number of sulfonamides is 1. The predicted molar refractivity (Wildman–Crippen MR) is 122 cm³/mol. The molecule has 9 heteroatoms. The number of carbonyl (C=O) groups excluding carboxylic acids is 1.